The summed E-state index contributed by atoms with van der Waals surface area (Å²) in [5, 5.41) is 11.3. The van der Waals surface area contributed by atoms with Crippen LogP contribution in [0.1, 0.15) is 46.8 Å². The number of para-hydroxylation sites is 1. The van der Waals surface area contributed by atoms with Gasteiger partial charge in [-0.2, -0.15) is 0 Å². The van der Waals surface area contributed by atoms with Crippen molar-refractivity contribution in [3.63, 3.8) is 0 Å². The molecule has 37 heavy (non-hydrogen) atoms. The molecule has 0 radical (unpaired) electrons. The highest BCUT2D eigenvalue weighted by atomic mass is 16.6. The lowest BCUT2D eigenvalue weighted by atomic mass is 9.96. The average molecular weight is 505 g/mol. The molecular formula is C28H28N2O7. The molecule has 3 rings (SSSR count). The summed E-state index contributed by atoms with van der Waals surface area (Å²) >= 11 is 0. The van der Waals surface area contributed by atoms with Crippen molar-refractivity contribution in [3.05, 3.63) is 106 Å². The van der Waals surface area contributed by atoms with E-state index in [1.54, 1.807) is 0 Å². The predicted octanol–water partition coefficient (Wildman–Crippen LogP) is 4.75. The van der Waals surface area contributed by atoms with Gasteiger partial charge in [0.1, 0.15) is 6.54 Å². The zero-order valence-electron chi connectivity index (χ0n) is 20.4. The summed E-state index contributed by atoms with van der Waals surface area (Å²) in [4.78, 5) is 49.0. The van der Waals surface area contributed by atoms with E-state index in [9.17, 15) is 24.5 Å². The number of aldehydes is 1. The number of benzene rings is 3. The summed E-state index contributed by atoms with van der Waals surface area (Å²) in [5.41, 5.74) is 1.27. The van der Waals surface area contributed by atoms with E-state index in [1.165, 1.54) is 30.2 Å². The second-order valence-corrected chi connectivity index (χ2v) is 8.20. The van der Waals surface area contributed by atoms with Gasteiger partial charge in [0.2, 0.25) is 5.91 Å². The fraction of sp³-hybridized carbons (Fsp3) is 0.250. The second kappa shape index (κ2) is 13.5. The Morgan fingerprint density at radius 2 is 1.57 bits per heavy atom. The Hall–Kier alpha value is -4.53. The van der Waals surface area contributed by atoms with Crippen molar-refractivity contribution < 1.29 is 28.8 Å². The first-order chi connectivity index (χ1) is 18.0. The number of esters is 1. The van der Waals surface area contributed by atoms with Crippen LogP contribution < -0.4 is 4.74 Å². The van der Waals surface area contributed by atoms with Gasteiger partial charge in [-0.05, 0) is 36.1 Å². The molecule has 0 unspecified atom stereocenters. The zero-order chi connectivity index (χ0) is 26.6. The van der Waals surface area contributed by atoms with Crippen LogP contribution in [0.3, 0.4) is 0 Å². The highest BCUT2D eigenvalue weighted by Crippen LogP contribution is 2.31. The van der Waals surface area contributed by atoms with Crippen molar-refractivity contribution in [1.82, 2.24) is 4.90 Å². The third kappa shape index (κ3) is 7.23. The van der Waals surface area contributed by atoms with Crippen LogP contribution in [-0.2, 0) is 14.3 Å². The van der Waals surface area contributed by atoms with E-state index in [0.717, 1.165) is 11.1 Å². The van der Waals surface area contributed by atoms with Crippen molar-refractivity contribution in [2.24, 2.45) is 0 Å². The molecule has 0 fully saturated rings. The predicted molar refractivity (Wildman–Crippen MR) is 136 cm³/mol. The monoisotopic (exact) mass is 504 g/mol. The van der Waals surface area contributed by atoms with Crippen molar-refractivity contribution in [1.29, 1.82) is 0 Å². The molecule has 0 N–H and O–H groups in total. The first kappa shape index (κ1) is 27.1. The minimum atomic E-state index is -0.652. The maximum atomic E-state index is 13.4. The zero-order valence-corrected chi connectivity index (χ0v) is 20.4. The molecule has 0 heterocycles. The number of rotatable bonds is 13. The number of carbonyl (C=O) groups is 3. The number of carbonyl (C=O) groups excluding carboxylic acids is 3. The van der Waals surface area contributed by atoms with Crippen LogP contribution in [0, 0.1) is 10.1 Å². The molecule has 192 valence electrons. The van der Waals surface area contributed by atoms with E-state index in [1.807, 2.05) is 60.7 Å². The maximum absolute atomic E-state index is 13.4. The minimum Gasteiger partial charge on any atom is -0.487 e. The third-order valence-electron chi connectivity index (χ3n) is 5.77. The van der Waals surface area contributed by atoms with Gasteiger partial charge in [-0.1, -0.05) is 66.7 Å². The van der Waals surface area contributed by atoms with E-state index in [0.29, 0.717) is 19.1 Å². The Kier molecular flexibility index (Phi) is 9.90. The molecule has 9 nitrogen and oxygen atoms in total. The second-order valence-electron chi connectivity index (χ2n) is 8.20. The van der Waals surface area contributed by atoms with Crippen molar-refractivity contribution in [2.45, 2.75) is 25.3 Å². The number of unbranched alkanes of at least 4 members (excludes halogenated alkanes) is 1. The van der Waals surface area contributed by atoms with Gasteiger partial charge in [-0.15, -0.1) is 0 Å². The standard InChI is InChI=1S/C28H28N2O7/c1-36-26(33)19-29(27(21-11-4-2-5-12-21)22-13-6-3-7-14-22)25(32)17-8-9-18-37-24-16-10-15-23(20-31)28(24)30(34)35/h2-7,10-16,20,27H,8-9,17-19H2,1H3. The van der Waals surface area contributed by atoms with Crippen LogP contribution in [0.4, 0.5) is 5.69 Å². The number of nitrogens with zero attached hydrogens (tertiary/aromatic N) is 2. The molecule has 0 bridgehead atoms. The fourth-order valence-corrected chi connectivity index (χ4v) is 4.00. The molecular weight excluding hydrogens is 476 g/mol. The number of nitro groups is 1. The topological polar surface area (TPSA) is 116 Å². The van der Waals surface area contributed by atoms with Gasteiger partial charge in [-0.3, -0.25) is 24.5 Å². The summed E-state index contributed by atoms with van der Waals surface area (Å²) in [6.07, 6.45) is 1.40. The van der Waals surface area contributed by atoms with Crippen LogP contribution in [-0.4, -0.2) is 48.2 Å². The third-order valence-corrected chi connectivity index (χ3v) is 5.77. The Morgan fingerprint density at radius 3 is 2.11 bits per heavy atom. The number of amides is 1. The smallest absolute Gasteiger partial charge is 0.325 e. The van der Waals surface area contributed by atoms with Gasteiger partial charge in [-0.25, -0.2) is 0 Å². The summed E-state index contributed by atoms with van der Waals surface area (Å²) in [5.74, 6) is -0.769. The molecule has 0 saturated carbocycles. The normalized spacial score (nSPS) is 10.5. The van der Waals surface area contributed by atoms with Gasteiger partial charge in [0.25, 0.3) is 0 Å². The Balaban J connectivity index is 1.71. The maximum Gasteiger partial charge on any atom is 0.325 e. The fourth-order valence-electron chi connectivity index (χ4n) is 4.00. The lowest BCUT2D eigenvalue weighted by molar-refractivity contribution is -0.386. The van der Waals surface area contributed by atoms with Crippen LogP contribution in [0.5, 0.6) is 5.75 Å². The van der Waals surface area contributed by atoms with Gasteiger partial charge >= 0.3 is 11.7 Å². The van der Waals surface area contributed by atoms with Crippen molar-refractivity contribution in [2.75, 3.05) is 20.3 Å². The Morgan fingerprint density at radius 1 is 0.946 bits per heavy atom. The Bertz CT molecular complexity index is 1180. The van der Waals surface area contributed by atoms with E-state index in [-0.39, 0.29) is 42.5 Å². The number of hydrogen-bond acceptors (Lipinski definition) is 7. The first-order valence-corrected chi connectivity index (χ1v) is 11.8. The number of methoxy groups -OCH3 is 1. The summed E-state index contributed by atoms with van der Waals surface area (Å²) in [6.45, 7) is -0.0980. The Labute approximate surface area is 214 Å². The molecule has 0 aromatic heterocycles. The quantitative estimate of drug-likeness (QED) is 0.108. The molecule has 0 aliphatic carbocycles. The van der Waals surface area contributed by atoms with Crippen LogP contribution in [0.25, 0.3) is 0 Å². The van der Waals surface area contributed by atoms with Gasteiger partial charge in [0.05, 0.1) is 30.2 Å². The largest absolute Gasteiger partial charge is 0.487 e. The number of nitro benzene ring substituents is 1. The number of hydrogen-bond donors (Lipinski definition) is 0. The van der Waals surface area contributed by atoms with Gasteiger partial charge in [0.15, 0.2) is 12.0 Å². The lowest BCUT2D eigenvalue weighted by Crippen LogP contribution is -2.39. The molecule has 0 aliphatic heterocycles. The minimum absolute atomic E-state index is 0.00136. The van der Waals surface area contributed by atoms with Crippen molar-refractivity contribution in [3.8, 4) is 5.75 Å². The molecule has 3 aromatic carbocycles. The summed E-state index contributed by atoms with van der Waals surface area (Å²) in [7, 11) is 1.28. The van der Waals surface area contributed by atoms with Crippen LogP contribution >= 0.6 is 0 Å². The molecule has 0 spiro atoms. The molecule has 0 saturated heterocycles. The number of ether oxygens (including phenoxy) is 2. The summed E-state index contributed by atoms with van der Waals surface area (Å²) < 4.78 is 10.4. The van der Waals surface area contributed by atoms with E-state index >= 15 is 0 Å². The van der Waals surface area contributed by atoms with Crippen LogP contribution in [0.15, 0.2) is 78.9 Å². The molecule has 9 heteroatoms. The van der Waals surface area contributed by atoms with Gasteiger partial charge < -0.3 is 14.4 Å². The average Bonchev–Trinajstić information content (AvgIpc) is 2.93. The molecule has 1 amide bonds. The highest BCUT2D eigenvalue weighted by Gasteiger charge is 2.28. The van der Waals surface area contributed by atoms with E-state index in [2.05, 4.69) is 0 Å². The SMILES string of the molecule is COC(=O)CN(C(=O)CCCCOc1cccc(C=O)c1[N+](=O)[O-])C(c1ccccc1)c1ccccc1. The summed E-state index contributed by atoms with van der Waals surface area (Å²) in [6, 6.07) is 22.7. The van der Waals surface area contributed by atoms with Crippen LogP contribution in [0.2, 0.25) is 0 Å². The lowest BCUT2D eigenvalue weighted by Gasteiger charge is -2.32. The first-order valence-electron chi connectivity index (χ1n) is 11.8. The van der Waals surface area contributed by atoms with E-state index in [4.69, 9.17) is 9.47 Å². The highest BCUT2D eigenvalue weighted by molar-refractivity contribution is 5.84. The van der Waals surface area contributed by atoms with Crippen molar-refractivity contribution >= 4 is 23.9 Å². The van der Waals surface area contributed by atoms with E-state index < -0.39 is 16.9 Å². The van der Waals surface area contributed by atoms with Gasteiger partial charge in [0, 0.05) is 6.42 Å². The molecule has 0 aliphatic rings. The molecule has 0 atom stereocenters. The molecule has 3 aromatic rings.